The first kappa shape index (κ1) is 31.5. The Balaban J connectivity index is 1.31. The maximum Gasteiger partial charge on any atom is 0.337 e. The minimum atomic E-state index is -1.31. The number of aliphatic carboxylic acids is 1. The van der Waals surface area contributed by atoms with Gasteiger partial charge in [0.15, 0.2) is 17.7 Å². The molecule has 0 unspecified atom stereocenters. The number of ether oxygens (including phenoxy) is 3. The summed E-state index contributed by atoms with van der Waals surface area (Å²) >= 11 is 0. The molecule has 1 aromatic carbocycles. The molecule has 12 nitrogen and oxygen atoms in total. The molecule has 4 aromatic rings. The second-order valence-electron chi connectivity index (χ2n) is 12.5. The fourth-order valence-electron chi connectivity index (χ4n) is 7.41. The second kappa shape index (κ2) is 12.9. The Kier molecular flexibility index (Phi) is 8.62. The smallest absolute Gasteiger partial charge is 0.337 e. The molecule has 1 atom stereocenters. The van der Waals surface area contributed by atoms with E-state index in [1.807, 2.05) is 24.6 Å². The summed E-state index contributed by atoms with van der Waals surface area (Å²) in [7, 11) is 1.86. The summed E-state index contributed by atoms with van der Waals surface area (Å²) in [5.41, 5.74) is 4.82. The number of hydrogen-bond donors (Lipinski definition) is 1. The molecule has 0 amide bonds. The van der Waals surface area contributed by atoms with Crippen molar-refractivity contribution in [2.45, 2.75) is 58.6 Å². The van der Waals surface area contributed by atoms with Gasteiger partial charge in [-0.3, -0.25) is 4.90 Å². The predicted molar refractivity (Wildman–Crippen MR) is 172 cm³/mol. The van der Waals surface area contributed by atoms with Crippen LogP contribution < -0.4 is 9.64 Å². The number of aromatic nitrogens is 4. The highest BCUT2D eigenvalue weighted by Gasteiger charge is 2.33. The van der Waals surface area contributed by atoms with Gasteiger partial charge in [0.05, 0.1) is 6.61 Å². The molecule has 0 aliphatic carbocycles. The van der Waals surface area contributed by atoms with Crippen molar-refractivity contribution in [3.63, 3.8) is 0 Å². The Labute approximate surface area is 272 Å². The molecule has 3 aliphatic heterocycles. The normalized spacial score (nSPS) is 18.4. The molecule has 3 aliphatic rings. The van der Waals surface area contributed by atoms with Gasteiger partial charge in [0, 0.05) is 86.9 Å². The van der Waals surface area contributed by atoms with Gasteiger partial charge in [0.2, 0.25) is 0 Å². The fourth-order valence-corrected chi connectivity index (χ4v) is 7.41. The van der Waals surface area contributed by atoms with Crippen LogP contribution in [0.5, 0.6) is 5.75 Å². The number of carboxylic acid groups (broad SMARTS) is 1. The van der Waals surface area contributed by atoms with Gasteiger partial charge in [0.25, 0.3) is 5.89 Å². The molecule has 3 aromatic heterocycles. The van der Waals surface area contributed by atoms with E-state index in [2.05, 4.69) is 20.0 Å². The Hall–Kier alpha value is -4.07. The molecule has 0 saturated carbocycles. The standard InChI is InChI=1S/C34H41FN6O6/c1-5-45-30(33(42)43)27-20(3)36-31-24(28(27)23-17-25(35)29-22(19(23)2)7-6-14-46-29)18-26(39(31)4)32-37-38-34(47-32)41-12-10-40(11-13-41)21-8-15-44-16-9-21/h17-18,21,30H,5-16H2,1-4H3,(H,42,43)/t30-/m0/s1. The van der Waals surface area contributed by atoms with Crippen molar-refractivity contribution in [3.05, 3.63) is 40.3 Å². The number of rotatable bonds is 8. The van der Waals surface area contributed by atoms with Crippen LogP contribution in [0.3, 0.4) is 0 Å². The van der Waals surface area contributed by atoms with Crippen LogP contribution in [0.4, 0.5) is 10.4 Å². The number of benzene rings is 1. The van der Waals surface area contributed by atoms with Crippen LogP contribution in [-0.2, 0) is 27.7 Å². The lowest BCUT2D eigenvalue weighted by atomic mass is 9.87. The number of carboxylic acids is 1. The highest BCUT2D eigenvalue weighted by Crippen LogP contribution is 2.45. The molecule has 6 heterocycles. The average Bonchev–Trinajstić information content (AvgIpc) is 3.70. The molecule has 0 spiro atoms. The Morgan fingerprint density at radius 2 is 1.89 bits per heavy atom. The van der Waals surface area contributed by atoms with Crippen molar-refractivity contribution < 1.29 is 32.9 Å². The van der Waals surface area contributed by atoms with Gasteiger partial charge in [-0.15, -0.1) is 5.10 Å². The quantitative estimate of drug-likeness (QED) is 0.282. The van der Waals surface area contributed by atoms with Crippen molar-refractivity contribution in [2.75, 3.05) is 57.5 Å². The maximum atomic E-state index is 15.7. The molecule has 1 N–H and O–H groups in total. The van der Waals surface area contributed by atoms with E-state index in [1.165, 1.54) is 6.07 Å². The lowest BCUT2D eigenvalue weighted by molar-refractivity contribution is -0.150. The summed E-state index contributed by atoms with van der Waals surface area (Å²) in [6.45, 7) is 11.1. The highest BCUT2D eigenvalue weighted by atomic mass is 19.1. The number of hydrogen-bond acceptors (Lipinski definition) is 10. The maximum absolute atomic E-state index is 15.7. The number of anilines is 1. The van der Waals surface area contributed by atoms with Crippen LogP contribution in [-0.4, -0.2) is 94.4 Å². The second-order valence-corrected chi connectivity index (χ2v) is 12.5. The summed E-state index contributed by atoms with van der Waals surface area (Å²) in [6.07, 6.45) is 2.25. The SMILES string of the molecule is CCO[C@H](C(=O)O)c1c(C)nc2c(cc(-c3nnc(N4CCN(C5CCOCC5)CC4)o3)n2C)c1-c1cc(F)c2c(c1C)CCCO2. The molecule has 250 valence electrons. The Morgan fingerprint density at radius 1 is 1.13 bits per heavy atom. The molecule has 2 fully saturated rings. The first-order chi connectivity index (χ1) is 22.8. The lowest BCUT2D eigenvalue weighted by Gasteiger charge is -2.40. The minimum absolute atomic E-state index is 0.174. The van der Waals surface area contributed by atoms with Crippen LogP contribution in [0.25, 0.3) is 33.7 Å². The topological polar surface area (TPSA) is 128 Å². The Morgan fingerprint density at radius 3 is 2.62 bits per heavy atom. The third-order valence-corrected chi connectivity index (χ3v) is 9.85. The van der Waals surface area contributed by atoms with Gasteiger partial charge in [-0.1, -0.05) is 5.10 Å². The number of aryl methyl sites for hydroxylation is 2. The van der Waals surface area contributed by atoms with E-state index in [0.717, 1.165) is 69.8 Å². The zero-order chi connectivity index (χ0) is 32.8. The largest absolute Gasteiger partial charge is 0.490 e. The van der Waals surface area contributed by atoms with E-state index >= 15 is 4.39 Å². The number of piperazine rings is 1. The molecule has 47 heavy (non-hydrogen) atoms. The minimum Gasteiger partial charge on any atom is -0.490 e. The average molecular weight is 649 g/mol. The van der Waals surface area contributed by atoms with Crippen LogP contribution in [0.2, 0.25) is 0 Å². The molecule has 0 bridgehead atoms. The predicted octanol–water partition coefficient (Wildman–Crippen LogP) is 4.83. The summed E-state index contributed by atoms with van der Waals surface area (Å²) in [4.78, 5) is 22.1. The monoisotopic (exact) mass is 648 g/mol. The zero-order valence-electron chi connectivity index (χ0n) is 27.3. The third kappa shape index (κ3) is 5.63. The van der Waals surface area contributed by atoms with E-state index in [1.54, 1.807) is 13.8 Å². The van der Waals surface area contributed by atoms with Crippen molar-refractivity contribution in [2.24, 2.45) is 7.05 Å². The van der Waals surface area contributed by atoms with Crippen LogP contribution in [0.15, 0.2) is 16.5 Å². The molecule has 7 rings (SSSR count). The van der Waals surface area contributed by atoms with Crippen LogP contribution in [0, 0.1) is 19.7 Å². The number of pyridine rings is 1. The first-order valence-electron chi connectivity index (χ1n) is 16.5. The fraction of sp³-hybridized carbons (Fsp3) is 0.529. The van der Waals surface area contributed by atoms with Crippen LogP contribution in [0.1, 0.15) is 54.7 Å². The summed E-state index contributed by atoms with van der Waals surface area (Å²) in [5, 5.41) is 19.8. The number of fused-ring (bicyclic) bond motifs is 2. The summed E-state index contributed by atoms with van der Waals surface area (Å²) in [6, 6.07) is 4.33. The number of halogens is 1. The first-order valence-corrected chi connectivity index (χ1v) is 16.5. The van der Waals surface area contributed by atoms with Gasteiger partial charge in [-0.2, -0.15) is 0 Å². The van der Waals surface area contributed by atoms with Gasteiger partial charge < -0.3 is 33.2 Å². The number of nitrogens with zero attached hydrogens (tertiary/aromatic N) is 6. The number of carbonyl (C=O) groups is 1. The zero-order valence-corrected chi connectivity index (χ0v) is 27.3. The summed E-state index contributed by atoms with van der Waals surface area (Å²) in [5.74, 6) is -1.04. The third-order valence-electron chi connectivity index (χ3n) is 9.85. The molecule has 13 heteroatoms. The van der Waals surface area contributed by atoms with E-state index in [4.69, 9.17) is 23.6 Å². The van der Waals surface area contributed by atoms with Gasteiger partial charge >= 0.3 is 12.0 Å². The van der Waals surface area contributed by atoms with Crippen molar-refractivity contribution in [1.82, 2.24) is 24.6 Å². The van der Waals surface area contributed by atoms with Gasteiger partial charge in [-0.25, -0.2) is 14.2 Å². The molecular weight excluding hydrogens is 607 g/mol. The van der Waals surface area contributed by atoms with E-state index in [-0.39, 0.29) is 12.4 Å². The van der Waals surface area contributed by atoms with Gasteiger partial charge in [0.1, 0.15) is 11.3 Å². The lowest BCUT2D eigenvalue weighted by Crippen LogP contribution is -2.51. The summed E-state index contributed by atoms with van der Waals surface area (Å²) < 4.78 is 40.8. The van der Waals surface area contributed by atoms with E-state index < -0.39 is 17.9 Å². The van der Waals surface area contributed by atoms with E-state index in [9.17, 15) is 9.90 Å². The van der Waals surface area contributed by atoms with Crippen molar-refractivity contribution in [1.29, 1.82) is 0 Å². The van der Waals surface area contributed by atoms with Gasteiger partial charge in [-0.05, 0) is 69.7 Å². The van der Waals surface area contributed by atoms with E-state index in [0.29, 0.717) is 70.1 Å². The Bertz CT molecular complexity index is 1810. The highest BCUT2D eigenvalue weighted by molar-refractivity contribution is 6.01. The molecular formula is C34H41FN6O6. The molecule has 0 radical (unpaired) electrons. The van der Waals surface area contributed by atoms with Crippen molar-refractivity contribution in [3.8, 4) is 28.5 Å². The van der Waals surface area contributed by atoms with Crippen LogP contribution >= 0.6 is 0 Å². The van der Waals surface area contributed by atoms with Crippen molar-refractivity contribution >= 4 is 23.0 Å². The molecule has 2 saturated heterocycles.